The molecule has 0 radical (unpaired) electrons. The number of hydrogen-bond acceptors (Lipinski definition) is 1. The van der Waals surface area contributed by atoms with Crippen LogP contribution in [0.15, 0.2) is 43.7 Å². The number of hydrogen-bond donors (Lipinski definition) is 1. The predicted molar refractivity (Wildman–Crippen MR) is 97.5 cm³/mol. The standard InChI is InChI=1S/C16H16Br3N/c1-9-4-5-12(6-10(9)2)11(3)20-16-14(18)7-13(17)8-15(16)19/h4-8,11,20H,1-3H3. The molecule has 0 saturated carbocycles. The van der Waals surface area contributed by atoms with E-state index in [1.807, 2.05) is 12.1 Å². The summed E-state index contributed by atoms with van der Waals surface area (Å²) in [4.78, 5) is 0. The Morgan fingerprint density at radius 3 is 2.05 bits per heavy atom. The number of nitrogens with one attached hydrogen (secondary N) is 1. The first-order chi connectivity index (χ1) is 9.38. The molecule has 0 heterocycles. The monoisotopic (exact) mass is 459 g/mol. The minimum Gasteiger partial charge on any atom is -0.377 e. The van der Waals surface area contributed by atoms with Crippen molar-refractivity contribution >= 4 is 53.5 Å². The molecule has 2 aromatic rings. The highest BCUT2D eigenvalue weighted by atomic mass is 79.9. The SMILES string of the molecule is Cc1ccc(C(C)Nc2c(Br)cc(Br)cc2Br)cc1C. The first kappa shape index (κ1) is 16.1. The van der Waals surface area contributed by atoms with Gasteiger partial charge < -0.3 is 5.32 Å². The van der Waals surface area contributed by atoms with Gasteiger partial charge in [-0.15, -0.1) is 0 Å². The van der Waals surface area contributed by atoms with Gasteiger partial charge in [-0.1, -0.05) is 34.1 Å². The molecule has 1 nitrogen and oxygen atoms in total. The summed E-state index contributed by atoms with van der Waals surface area (Å²) in [5.74, 6) is 0. The van der Waals surface area contributed by atoms with Crippen LogP contribution in [0, 0.1) is 13.8 Å². The number of halogens is 3. The third kappa shape index (κ3) is 3.66. The lowest BCUT2D eigenvalue weighted by molar-refractivity contribution is 0.879. The van der Waals surface area contributed by atoms with E-state index in [9.17, 15) is 0 Å². The fraction of sp³-hybridized carbons (Fsp3) is 0.250. The minimum absolute atomic E-state index is 0.239. The maximum absolute atomic E-state index is 3.60. The number of aryl methyl sites for hydroxylation is 2. The molecule has 0 amide bonds. The van der Waals surface area contributed by atoms with Crippen LogP contribution in [0.2, 0.25) is 0 Å². The molecule has 0 fully saturated rings. The Hall–Kier alpha value is -0.320. The highest BCUT2D eigenvalue weighted by Gasteiger charge is 2.12. The summed E-state index contributed by atoms with van der Waals surface area (Å²) in [6, 6.07) is 10.9. The summed E-state index contributed by atoms with van der Waals surface area (Å²) in [6.45, 7) is 6.46. The fourth-order valence-electron chi connectivity index (χ4n) is 2.01. The van der Waals surface area contributed by atoms with Crippen LogP contribution in [0.1, 0.15) is 29.7 Å². The van der Waals surface area contributed by atoms with Gasteiger partial charge in [-0.2, -0.15) is 0 Å². The van der Waals surface area contributed by atoms with E-state index in [0.717, 1.165) is 19.1 Å². The van der Waals surface area contributed by atoms with Gasteiger partial charge in [0.1, 0.15) is 0 Å². The van der Waals surface area contributed by atoms with Crippen molar-refractivity contribution in [1.82, 2.24) is 0 Å². The van der Waals surface area contributed by atoms with Gasteiger partial charge in [-0.25, -0.2) is 0 Å². The van der Waals surface area contributed by atoms with E-state index < -0.39 is 0 Å². The maximum atomic E-state index is 3.60. The second-order valence-corrected chi connectivity index (χ2v) is 7.58. The molecular formula is C16H16Br3N. The van der Waals surface area contributed by atoms with Crippen molar-refractivity contribution in [1.29, 1.82) is 0 Å². The summed E-state index contributed by atoms with van der Waals surface area (Å²) in [5, 5.41) is 3.55. The lowest BCUT2D eigenvalue weighted by Gasteiger charge is -2.19. The second-order valence-electron chi connectivity index (χ2n) is 4.95. The zero-order valence-corrected chi connectivity index (χ0v) is 16.4. The fourth-order valence-corrected chi connectivity index (χ4v) is 4.50. The first-order valence-corrected chi connectivity index (χ1v) is 8.74. The summed E-state index contributed by atoms with van der Waals surface area (Å²) >= 11 is 10.7. The van der Waals surface area contributed by atoms with E-state index in [4.69, 9.17) is 0 Å². The quantitative estimate of drug-likeness (QED) is 0.532. The van der Waals surface area contributed by atoms with Gasteiger partial charge in [-0.3, -0.25) is 0 Å². The predicted octanol–water partition coefficient (Wildman–Crippen LogP) is 6.76. The molecular weight excluding hydrogens is 446 g/mol. The van der Waals surface area contributed by atoms with Gasteiger partial charge in [0.15, 0.2) is 0 Å². The molecule has 0 spiro atoms. The smallest absolute Gasteiger partial charge is 0.0634 e. The van der Waals surface area contributed by atoms with E-state index in [-0.39, 0.29) is 6.04 Å². The van der Waals surface area contributed by atoms with Gasteiger partial charge in [0.2, 0.25) is 0 Å². The van der Waals surface area contributed by atoms with Crippen LogP contribution in [0.25, 0.3) is 0 Å². The zero-order chi connectivity index (χ0) is 14.9. The Kier molecular flexibility index (Phi) is 5.32. The van der Waals surface area contributed by atoms with Crippen molar-refractivity contribution in [3.63, 3.8) is 0 Å². The van der Waals surface area contributed by atoms with Gasteiger partial charge in [-0.05, 0) is 81.5 Å². The van der Waals surface area contributed by atoms with Crippen molar-refractivity contribution in [2.24, 2.45) is 0 Å². The van der Waals surface area contributed by atoms with Crippen molar-refractivity contribution < 1.29 is 0 Å². The van der Waals surface area contributed by atoms with Crippen LogP contribution < -0.4 is 5.32 Å². The Morgan fingerprint density at radius 2 is 1.50 bits per heavy atom. The van der Waals surface area contributed by atoms with Crippen LogP contribution in [0.3, 0.4) is 0 Å². The first-order valence-electron chi connectivity index (χ1n) is 6.36. The molecule has 0 aliphatic rings. The van der Waals surface area contributed by atoms with E-state index in [1.54, 1.807) is 0 Å². The summed E-state index contributed by atoms with van der Waals surface area (Å²) in [6.07, 6.45) is 0. The topological polar surface area (TPSA) is 12.0 Å². The van der Waals surface area contributed by atoms with Crippen LogP contribution in [-0.2, 0) is 0 Å². The largest absolute Gasteiger partial charge is 0.377 e. The lowest BCUT2D eigenvalue weighted by Crippen LogP contribution is -2.08. The van der Waals surface area contributed by atoms with Gasteiger partial charge in [0, 0.05) is 19.5 Å². The Labute approximate surface area is 145 Å². The van der Waals surface area contributed by atoms with E-state index in [1.165, 1.54) is 16.7 Å². The molecule has 20 heavy (non-hydrogen) atoms. The third-order valence-electron chi connectivity index (χ3n) is 3.40. The van der Waals surface area contributed by atoms with Gasteiger partial charge in [0.25, 0.3) is 0 Å². The third-order valence-corrected chi connectivity index (χ3v) is 5.11. The molecule has 2 rings (SSSR count). The Balaban J connectivity index is 2.27. The van der Waals surface area contributed by atoms with Gasteiger partial charge in [0.05, 0.1) is 5.69 Å². The molecule has 106 valence electrons. The van der Waals surface area contributed by atoms with E-state index in [2.05, 4.69) is 92.1 Å². The van der Waals surface area contributed by atoms with E-state index in [0.29, 0.717) is 0 Å². The van der Waals surface area contributed by atoms with Crippen molar-refractivity contribution in [2.75, 3.05) is 5.32 Å². The summed E-state index contributed by atoms with van der Waals surface area (Å²) in [5.41, 5.74) is 5.01. The molecule has 1 atom stereocenters. The molecule has 0 aliphatic carbocycles. The van der Waals surface area contributed by atoms with Crippen molar-refractivity contribution in [2.45, 2.75) is 26.8 Å². The zero-order valence-electron chi connectivity index (χ0n) is 11.6. The Bertz CT molecular complexity index is 615. The molecule has 1 N–H and O–H groups in total. The van der Waals surface area contributed by atoms with Gasteiger partial charge >= 0.3 is 0 Å². The molecule has 4 heteroatoms. The highest BCUT2D eigenvalue weighted by Crippen LogP contribution is 2.36. The highest BCUT2D eigenvalue weighted by molar-refractivity contribution is 9.11. The van der Waals surface area contributed by atoms with Crippen LogP contribution >= 0.6 is 47.8 Å². The molecule has 1 unspecified atom stereocenters. The summed E-state index contributed by atoms with van der Waals surface area (Å²) < 4.78 is 3.12. The second kappa shape index (κ2) is 6.63. The number of rotatable bonds is 3. The molecule has 0 bridgehead atoms. The molecule has 2 aromatic carbocycles. The minimum atomic E-state index is 0.239. The summed E-state index contributed by atoms with van der Waals surface area (Å²) in [7, 11) is 0. The van der Waals surface area contributed by atoms with Crippen LogP contribution in [0.4, 0.5) is 5.69 Å². The molecule has 0 saturated heterocycles. The number of benzene rings is 2. The maximum Gasteiger partial charge on any atom is 0.0634 e. The number of anilines is 1. The molecule has 0 aromatic heterocycles. The Morgan fingerprint density at radius 1 is 0.900 bits per heavy atom. The average Bonchev–Trinajstić information content (AvgIpc) is 2.36. The lowest BCUT2D eigenvalue weighted by atomic mass is 10.0. The van der Waals surface area contributed by atoms with Crippen LogP contribution in [0.5, 0.6) is 0 Å². The van der Waals surface area contributed by atoms with E-state index >= 15 is 0 Å². The normalized spacial score (nSPS) is 12.3. The van der Waals surface area contributed by atoms with Crippen molar-refractivity contribution in [3.8, 4) is 0 Å². The van der Waals surface area contributed by atoms with Crippen molar-refractivity contribution in [3.05, 3.63) is 60.4 Å². The average molecular weight is 462 g/mol. The van der Waals surface area contributed by atoms with Crippen LogP contribution in [-0.4, -0.2) is 0 Å². The molecule has 0 aliphatic heterocycles.